The number of aromatic nitrogens is 2. The van der Waals surface area contributed by atoms with Crippen LogP contribution in [0.4, 0.5) is 0 Å². The maximum atomic E-state index is 14.6. The second kappa shape index (κ2) is 7.00. The molecule has 206 valence electrons. The number of nitriles is 1. The molecule has 7 heteroatoms. The molecular formula is C32H39N3O4. The number of rotatable bonds is 1. The van der Waals surface area contributed by atoms with Crippen LogP contribution in [0, 0.1) is 51.8 Å². The summed E-state index contributed by atoms with van der Waals surface area (Å²) >= 11 is 0. The van der Waals surface area contributed by atoms with E-state index in [0.717, 1.165) is 50.5 Å². The molecule has 7 rings (SSSR count). The molecule has 5 aliphatic carbocycles. The van der Waals surface area contributed by atoms with E-state index in [1.165, 1.54) is 0 Å². The number of carbonyl (C=O) groups excluding carboxylic acids is 2. The number of hydrogen-bond donors (Lipinski definition) is 0. The predicted molar refractivity (Wildman–Crippen MR) is 142 cm³/mol. The van der Waals surface area contributed by atoms with Gasteiger partial charge in [-0.15, -0.1) is 10.2 Å². The molecule has 4 fully saturated rings. The zero-order valence-electron chi connectivity index (χ0n) is 24.2. The highest BCUT2D eigenvalue weighted by atomic mass is 16.6. The van der Waals surface area contributed by atoms with E-state index in [9.17, 15) is 14.9 Å². The standard InChI is InChI=1S/C32H39N3O4/c1-18-34-35-25(38-18)31-11-8-26(2,3)16-20(31)23-21(36)14-22-27(4,28(23,5)9-12-31)10-13-32-29(22,6)15-19(17-33)24(37)30(32,7)39-32/h14-15,20,23H,8-13,16H2,1-7H3/t20-,23-,27+,28+,29+,30+,31-,32-/m0/s1. The summed E-state index contributed by atoms with van der Waals surface area (Å²) in [4.78, 5) is 27.7. The van der Waals surface area contributed by atoms with Gasteiger partial charge in [0.1, 0.15) is 11.7 Å². The summed E-state index contributed by atoms with van der Waals surface area (Å²) in [5, 5.41) is 18.6. The Morgan fingerprint density at radius 1 is 0.974 bits per heavy atom. The van der Waals surface area contributed by atoms with Crippen LogP contribution in [0.15, 0.2) is 27.7 Å². The van der Waals surface area contributed by atoms with Crippen molar-refractivity contribution in [2.24, 2.45) is 33.5 Å². The summed E-state index contributed by atoms with van der Waals surface area (Å²) in [5.74, 6) is 1.16. The smallest absolute Gasteiger partial charge is 0.222 e. The van der Waals surface area contributed by atoms with Crippen LogP contribution in [0.5, 0.6) is 0 Å². The van der Waals surface area contributed by atoms with Crippen LogP contribution in [-0.2, 0) is 19.7 Å². The molecular weight excluding hydrogens is 490 g/mol. The predicted octanol–water partition coefficient (Wildman–Crippen LogP) is 5.73. The lowest BCUT2D eigenvalue weighted by molar-refractivity contribution is -0.158. The minimum absolute atomic E-state index is 0.103. The van der Waals surface area contributed by atoms with Gasteiger partial charge >= 0.3 is 0 Å². The minimum atomic E-state index is -1.00. The van der Waals surface area contributed by atoms with Crippen molar-refractivity contribution in [3.05, 3.63) is 35.1 Å². The van der Waals surface area contributed by atoms with Gasteiger partial charge in [0.25, 0.3) is 0 Å². The Morgan fingerprint density at radius 2 is 1.69 bits per heavy atom. The van der Waals surface area contributed by atoms with Crippen LogP contribution in [0.25, 0.3) is 0 Å². The molecule has 6 aliphatic rings. The van der Waals surface area contributed by atoms with Crippen LogP contribution in [-0.4, -0.2) is 33.0 Å². The van der Waals surface area contributed by atoms with E-state index < -0.39 is 16.6 Å². The Hall–Kier alpha value is -2.59. The Labute approximate surface area is 230 Å². The van der Waals surface area contributed by atoms with Crippen LogP contribution < -0.4 is 0 Å². The number of nitrogens with zero attached hydrogens (tertiary/aromatic N) is 3. The fourth-order valence-electron chi connectivity index (χ4n) is 10.5. The fourth-order valence-corrected chi connectivity index (χ4v) is 10.5. The van der Waals surface area contributed by atoms with Gasteiger partial charge in [-0.1, -0.05) is 27.7 Å². The van der Waals surface area contributed by atoms with Crippen molar-refractivity contribution < 1.29 is 18.7 Å². The summed E-state index contributed by atoms with van der Waals surface area (Å²) in [6.07, 6.45) is 10.1. The number of ketones is 2. The van der Waals surface area contributed by atoms with Gasteiger partial charge in [-0.25, -0.2) is 0 Å². The average Bonchev–Trinajstić information content (AvgIpc) is 3.29. The number of ether oxygens (including phenoxy) is 1. The Kier molecular flexibility index (Phi) is 4.55. The highest BCUT2D eigenvalue weighted by Crippen LogP contribution is 2.78. The zero-order valence-corrected chi connectivity index (χ0v) is 24.2. The van der Waals surface area contributed by atoms with Gasteiger partial charge in [-0.2, -0.15) is 5.26 Å². The molecule has 0 aromatic carbocycles. The molecule has 0 radical (unpaired) electrons. The first-order chi connectivity index (χ1) is 18.1. The van der Waals surface area contributed by atoms with Crippen molar-refractivity contribution in [3.63, 3.8) is 0 Å². The first kappa shape index (κ1) is 25.4. The van der Waals surface area contributed by atoms with Crippen molar-refractivity contribution in [2.45, 2.75) is 110 Å². The van der Waals surface area contributed by atoms with Crippen molar-refractivity contribution in [1.29, 1.82) is 5.26 Å². The molecule has 0 N–H and O–H groups in total. The third-order valence-corrected chi connectivity index (χ3v) is 13.0. The summed E-state index contributed by atoms with van der Waals surface area (Å²) in [6, 6.07) is 2.14. The largest absolute Gasteiger partial charge is 0.425 e. The van der Waals surface area contributed by atoms with E-state index in [4.69, 9.17) is 9.15 Å². The maximum Gasteiger partial charge on any atom is 0.222 e. The topological polar surface area (TPSA) is 109 Å². The highest BCUT2D eigenvalue weighted by Gasteiger charge is 2.84. The van der Waals surface area contributed by atoms with E-state index in [1.54, 1.807) is 0 Å². The zero-order chi connectivity index (χ0) is 28.0. The highest BCUT2D eigenvalue weighted by molar-refractivity contribution is 6.10. The molecule has 1 saturated heterocycles. The van der Waals surface area contributed by atoms with Gasteiger partial charge in [0, 0.05) is 18.3 Å². The molecule has 1 aromatic heterocycles. The second-order valence-corrected chi connectivity index (χ2v) is 15.1. The summed E-state index contributed by atoms with van der Waals surface area (Å²) < 4.78 is 12.5. The first-order valence-corrected chi connectivity index (χ1v) is 14.6. The summed E-state index contributed by atoms with van der Waals surface area (Å²) in [6.45, 7) is 15.1. The maximum absolute atomic E-state index is 14.6. The molecule has 2 heterocycles. The Balaban J connectivity index is 1.41. The molecule has 8 atom stereocenters. The lowest BCUT2D eigenvalue weighted by atomic mass is 9.34. The van der Waals surface area contributed by atoms with Gasteiger partial charge in [0.05, 0.1) is 11.0 Å². The van der Waals surface area contributed by atoms with Crippen molar-refractivity contribution in [2.75, 3.05) is 0 Å². The molecule has 39 heavy (non-hydrogen) atoms. The van der Waals surface area contributed by atoms with Gasteiger partial charge in [-0.05, 0) is 98.7 Å². The Bertz CT molecular complexity index is 1460. The minimum Gasteiger partial charge on any atom is -0.425 e. The van der Waals surface area contributed by atoms with E-state index in [-0.39, 0.29) is 50.6 Å². The van der Waals surface area contributed by atoms with Crippen molar-refractivity contribution in [3.8, 4) is 6.07 Å². The van der Waals surface area contributed by atoms with Crippen LogP contribution in [0.2, 0.25) is 0 Å². The number of aryl methyl sites for hydroxylation is 1. The number of epoxide rings is 1. The van der Waals surface area contributed by atoms with E-state index in [1.807, 2.05) is 26.0 Å². The third kappa shape index (κ3) is 2.64. The second-order valence-electron chi connectivity index (χ2n) is 15.1. The van der Waals surface area contributed by atoms with Gasteiger partial charge in [-0.3, -0.25) is 9.59 Å². The quantitative estimate of drug-likeness (QED) is 0.427. The van der Waals surface area contributed by atoms with Crippen molar-refractivity contribution in [1.82, 2.24) is 10.2 Å². The fraction of sp³-hybridized carbons (Fsp3) is 0.719. The molecule has 0 amide bonds. The van der Waals surface area contributed by atoms with E-state index in [0.29, 0.717) is 11.8 Å². The lowest BCUT2D eigenvalue weighted by Gasteiger charge is -2.67. The molecule has 0 bridgehead atoms. The van der Waals surface area contributed by atoms with Gasteiger partial charge < -0.3 is 9.15 Å². The molecule has 1 aliphatic heterocycles. The van der Waals surface area contributed by atoms with Gasteiger partial charge in [0.2, 0.25) is 17.6 Å². The third-order valence-electron chi connectivity index (χ3n) is 13.0. The average molecular weight is 530 g/mol. The normalized spacial score (nSPS) is 49.3. The molecule has 3 saturated carbocycles. The van der Waals surface area contributed by atoms with Crippen LogP contribution >= 0.6 is 0 Å². The van der Waals surface area contributed by atoms with Crippen LogP contribution in [0.1, 0.15) is 98.3 Å². The number of fused-ring (bicyclic) bond motifs is 6. The van der Waals surface area contributed by atoms with Crippen LogP contribution in [0.3, 0.4) is 0 Å². The molecule has 0 unspecified atom stereocenters. The molecule has 1 aromatic rings. The van der Waals surface area contributed by atoms with E-state index in [2.05, 4.69) is 50.9 Å². The summed E-state index contributed by atoms with van der Waals surface area (Å²) in [5.41, 5.74) is -1.94. The number of Topliss-reactive ketones (excluding diaryl/α,β-unsaturated/α-hetero) is 1. The van der Waals surface area contributed by atoms with Crippen molar-refractivity contribution >= 4 is 11.6 Å². The lowest BCUT2D eigenvalue weighted by Crippen LogP contribution is -2.66. The Morgan fingerprint density at radius 3 is 2.36 bits per heavy atom. The monoisotopic (exact) mass is 529 g/mol. The van der Waals surface area contributed by atoms with E-state index >= 15 is 0 Å². The number of allylic oxidation sites excluding steroid dienone is 1. The molecule has 7 nitrogen and oxygen atoms in total. The number of carbonyl (C=O) groups is 2. The first-order valence-electron chi connectivity index (χ1n) is 14.6. The van der Waals surface area contributed by atoms with Gasteiger partial charge in [0.15, 0.2) is 11.4 Å². The number of hydrogen-bond acceptors (Lipinski definition) is 7. The summed E-state index contributed by atoms with van der Waals surface area (Å²) in [7, 11) is 0. The molecule has 1 spiro atoms. The SMILES string of the molecule is Cc1nnc([C@]23CCC(C)(C)C[C@H]2[C@H]2C(=O)C=C4[C@@]5(C)C=C(C#N)C(=O)[C@@]6(C)O[C@@]56CC[C@@]4(C)[C@]2(C)CC3)o1.